The molecule has 1 atom stereocenters. The Morgan fingerprint density at radius 1 is 0.792 bits per heavy atom. The molecule has 1 unspecified atom stereocenters. The Bertz CT molecular complexity index is 561. The van der Waals surface area contributed by atoms with Gasteiger partial charge in [-0.1, -0.05) is 82.7 Å². The van der Waals surface area contributed by atoms with Crippen LogP contribution in [0.2, 0.25) is 0 Å². The molecule has 0 saturated heterocycles. The van der Waals surface area contributed by atoms with Gasteiger partial charge >= 0.3 is 0 Å². The molecule has 2 aromatic rings. The van der Waals surface area contributed by atoms with Crippen molar-refractivity contribution in [2.75, 3.05) is 5.32 Å². The average molecular weight is 324 g/mol. The van der Waals surface area contributed by atoms with Crippen LogP contribution in [-0.2, 0) is 6.42 Å². The number of benzene rings is 2. The number of hydrogen-bond donors (Lipinski definition) is 1. The van der Waals surface area contributed by atoms with Crippen molar-refractivity contribution in [3.05, 3.63) is 60.2 Å². The molecule has 0 saturated carbocycles. The second-order valence-corrected chi connectivity index (χ2v) is 6.85. The molecule has 2 rings (SSSR count). The summed E-state index contributed by atoms with van der Waals surface area (Å²) in [7, 11) is 0. The lowest BCUT2D eigenvalue weighted by atomic mass is 9.92. The molecular formula is C23H33N. The van der Waals surface area contributed by atoms with Crippen LogP contribution in [0, 0.1) is 5.92 Å². The van der Waals surface area contributed by atoms with Crippen molar-refractivity contribution < 1.29 is 0 Å². The summed E-state index contributed by atoms with van der Waals surface area (Å²) < 4.78 is 0. The second kappa shape index (κ2) is 10.9. The van der Waals surface area contributed by atoms with Gasteiger partial charge in [0.1, 0.15) is 0 Å². The zero-order valence-corrected chi connectivity index (χ0v) is 15.4. The molecule has 0 aliphatic rings. The van der Waals surface area contributed by atoms with Crippen LogP contribution >= 0.6 is 0 Å². The Kier molecular flexibility index (Phi) is 8.45. The van der Waals surface area contributed by atoms with E-state index in [2.05, 4.69) is 67.7 Å². The van der Waals surface area contributed by atoms with Gasteiger partial charge in [-0.15, -0.1) is 0 Å². The summed E-state index contributed by atoms with van der Waals surface area (Å²) >= 11 is 0. The van der Waals surface area contributed by atoms with Crippen molar-refractivity contribution >= 4 is 11.4 Å². The summed E-state index contributed by atoms with van der Waals surface area (Å²) in [5.41, 5.74) is 3.78. The van der Waals surface area contributed by atoms with Crippen LogP contribution in [0.4, 0.5) is 11.4 Å². The molecule has 0 heterocycles. The van der Waals surface area contributed by atoms with Gasteiger partial charge in [-0.05, 0) is 48.6 Å². The first-order valence-electron chi connectivity index (χ1n) is 9.72. The molecule has 1 N–H and O–H groups in total. The molecule has 2 aromatic carbocycles. The molecule has 0 spiro atoms. The number of hydrogen-bond acceptors (Lipinski definition) is 1. The van der Waals surface area contributed by atoms with Gasteiger partial charge in [0.2, 0.25) is 0 Å². The van der Waals surface area contributed by atoms with E-state index in [1.54, 1.807) is 0 Å². The van der Waals surface area contributed by atoms with Crippen LogP contribution in [0.15, 0.2) is 54.6 Å². The van der Waals surface area contributed by atoms with Crippen LogP contribution in [-0.4, -0.2) is 0 Å². The van der Waals surface area contributed by atoms with Gasteiger partial charge in [-0.25, -0.2) is 0 Å². The first-order chi connectivity index (χ1) is 11.8. The number of anilines is 2. The fourth-order valence-electron chi connectivity index (χ4n) is 3.32. The Morgan fingerprint density at radius 2 is 1.54 bits per heavy atom. The Balaban J connectivity index is 1.79. The summed E-state index contributed by atoms with van der Waals surface area (Å²) in [6, 6.07) is 19.3. The third-order valence-corrected chi connectivity index (χ3v) is 4.86. The number of rotatable bonds is 11. The van der Waals surface area contributed by atoms with Crippen molar-refractivity contribution in [1.29, 1.82) is 0 Å². The van der Waals surface area contributed by atoms with Gasteiger partial charge in [0.05, 0.1) is 0 Å². The van der Waals surface area contributed by atoms with E-state index in [1.807, 2.05) is 6.07 Å². The van der Waals surface area contributed by atoms with Crippen LogP contribution in [0.3, 0.4) is 0 Å². The van der Waals surface area contributed by atoms with Crippen molar-refractivity contribution in [3.8, 4) is 0 Å². The van der Waals surface area contributed by atoms with Crippen molar-refractivity contribution in [2.45, 2.75) is 65.2 Å². The summed E-state index contributed by atoms with van der Waals surface area (Å²) in [6.07, 6.45) is 10.7. The molecule has 0 radical (unpaired) electrons. The van der Waals surface area contributed by atoms with Gasteiger partial charge in [0, 0.05) is 11.4 Å². The quantitative estimate of drug-likeness (QED) is 0.426. The molecule has 1 nitrogen and oxygen atoms in total. The lowest BCUT2D eigenvalue weighted by Crippen LogP contribution is -2.00. The minimum absolute atomic E-state index is 0.919. The van der Waals surface area contributed by atoms with Crippen LogP contribution in [0.5, 0.6) is 0 Å². The van der Waals surface area contributed by atoms with Crippen LogP contribution < -0.4 is 5.32 Å². The third-order valence-electron chi connectivity index (χ3n) is 4.86. The SMILES string of the molecule is CCCCCC(CC)CCCc1cccc(Nc2ccccc2)c1. The van der Waals surface area contributed by atoms with Crippen molar-refractivity contribution in [1.82, 2.24) is 0 Å². The van der Waals surface area contributed by atoms with E-state index in [9.17, 15) is 0 Å². The lowest BCUT2D eigenvalue weighted by Gasteiger charge is -2.14. The lowest BCUT2D eigenvalue weighted by molar-refractivity contribution is 0.405. The van der Waals surface area contributed by atoms with Crippen molar-refractivity contribution in [3.63, 3.8) is 0 Å². The minimum Gasteiger partial charge on any atom is -0.356 e. The maximum Gasteiger partial charge on any atom is 0.0386 e. The van der Waals surface area contributed by atoms with Crippen LogP contribution in [0.25, 0.3) is 0 Å². The normalized spacial score (nSPS) is 12.1. The van der Waals surface area contributed by atoms with E-state index in [0.717, 1.165) is 11.6 Å². The van der Waals surface area contributed by atoms with E-state index in [4.69, 9.17) is 0 Å². The number of unbranched alkanes of at least 4 members (excludes halogenated alkanes) is 2. The molecule has 0 amide bonds. The van der Waals surface area contributed by atoms with E-state index >= 15 is 0 Å². The summed E-state index contributed by atoms with van der Waals surface area (Å²) in [6.45, 7) is 4.64. The zero-order valence-electron chi connectivity index (χ0n) is 15.4. The highest BCUT2D eigenvalue weighted by molar-refractivity contribution is 5.59. The summed E-state index contributed by atoms with van der Waals surface area (Å²) in [4.78, 5) is 0. The summed E-state index contributed by atoms with van der Waals surface area (Å²) in [5, 5.41) is 3.49. The molecule has 0 aromatic heterocycles. The third kappa shape index (κ3) is 6.78. The standard InChI is InChI=1S/C23H33N/c1-3-5-7-12-20(4-2)13-10-14-21-15-11-18-23(19-21)24-22-16-8-6-9-17-22/h6,8-9,11,15-20,24H,3-5,7,10,12-14H2,1-2H3. The first kappa shape index (κ1) is 18.6. The highest BCUT2D eigenvalue weighted by Gasteiger charge is 2.06. The average Bonchev–Trinajstić information content (AvgIpc) is 2.62. The predicted molar refractivity (Wildman–Crippen MR) is 107 cm³/mol. The van der Waals surface area contributed by atoms with E-state index in [0.29, 0.717) is 0 Å². The number of nitrogens with one attached hydrogen (secondary N) is 1. The monoisotopic (exact) mass is 323 g/mol. The maximum atomic E-state index is 3.49. The van der Waals surface area contributed by atoms with Gasteiger partial charge in [-0.3, -0.25) is 0 Å². The number of para-hydroxylation sites is 1. The fourth-order valence-corrected chi connectivity index (χ4v) is 3.32. The maximum absolute atomic E-state index is 3.49. The first-order valence-corrected chi connectivity index (χ1v) is 9.72. The molecule has 0 bridgehead atoms. The Hall–Kier alpha value is -1.76. The highest BCUT2D eigenvalue weighted by atomic mass is 14.9. The molecule has 0 fully saturated rings. The largest absolute Gasteiger partial charge is 0.356 e. The zero-order chi connectivity index (χ0) is 17.0. The fraction of sp³-hybridized carbons (Fsp3) is 0.478. The van der Waals surface area contributed by atoms with Crippen molar-refractivity contribution in [2.24, 2.45) is 5.92 Å². The van der Waals surface area contributed by atoms with E-state index in [1.165, 1.54) is 62.6 Å². The molecule has 0 aliphatic heterocycles. The van der Waals surface area contributed by atoms with E-state index < -0.39 is 0 Å². The minimum atomic E-state index is 0.919. The molecule has 0 aliphatic carbocycles. The molecular weight excluding hydrogens is 290 g/mol. The molecule has 130 valence electrons. The molecule has 24 heavy (non-hydrogen) atoms. The van der Waals surface area contributed by atoms with E-state index in [-0.39, 0.29) is 0 Å². The Morgan fingerprint density at radius 3 is 2.29 bits per heavy atom. The molecule has 1 heteroatoms. The summed E-state index contributed by atoms with van der Waals surface area (Å²) in [5.74, 6) is 0.919. The topological polar surface area (TPSA) is 12.0 Å². The number of aryl methyl sites for hydroxylation is 1. The predicted octanol–water partition coefficient (Wildman–Crippen LogP) is 7.36. The van der Waals surface area contributed by atoms with Gasteiger partial charge in [0.25, 0.3) is 0 Å². The van der Waals surface area contributed by atoms with Crippen LogP contribution in [0.1, 0.15) is 64.4 Å². The smallest absolute Gasteiger partial charge is 0.0386 e. The van der Waals surface area contributed by atoms with Gasteiger partial charge in [0.15, 0.2) is 0 Å². The highest BCUT2D eigenvalue weighted by Crippen LogP contribution is 2.22. The second-order valence-electron chi connectivity index (χ2n) is 6.85. The Labute approximate surface area is 148 Å². The van der Waals surface area contributed by atoms with Gasteiger partial charge in [-0.2, -0.15) is 0 Å². The van der Waals surface area contributed by atoms with Gasteiger partial charge < -0.3 is 5.32 Å².